The number of fused-ring (bicyclic) bond motifs is 1. The molecule has 29 heavy (non-hydrogen) atoms. The van der Waals surface area contributed by atoms with Crippen LogP contribution in [0.15, 0.2) is 59.9 Å². The van der Waals surface area contributed by atoms with Gasteiger partial charge in [0.25, 0.3) is 0 Å². The van der Waals surface area contributed by atoms with Gasteiger partial charge in [-0.3, -0.25) is 4.79 Å². The number of hydrogen-bond donors (Lipinski definition) is 2. The number of para-hydroxylation sites is 1. The summed E-state index contributed by atoms with van der Waals surface area (Å²) in [4.78, 5) is 15.7. The van der Waals surface area contributed by atoms with Gasteiger partial charge in [0.1, 0.15) is 18.1 Å². The maximum atomic E-state index is 12.6. The number of ketones is 1. The standard InChI is InChI=1S/C20H19N5O3S/c1-27-13-5-4-6-14(9-13)28-11-19-23-24-20(25(19)21)29-12-18(26)16-10-22-17-8-3-2-7-15(16)17/h2-10,22H,11-12,21H2,1H3. The third kappa shape index (κ3) is 4.04. The topological polar surface area (TPSA) is 108 Å². The van der Waals surface area contributed by atoms with Crippen LogP contribution in [0.25, 0.3) is 10.9 Å². The molecule has 8 nitrogen and oxygen atoms in total. The van der Waals surface area contributed by atoms with Crippen molar-refractivity contribution in [1.29, 1.82) is 0 Å². The highest BCUT2D eigenvalue weighted by atomic mass is 32.2. The second kappa shape index (κ2) is 8.27. The molecule has 9 heteroatoms. The molecule has 0 radical (unpaired) electrons. The van der Waals surface area contributed by atoms with Crippen molar-refractivity contribution in [2.24, 2.45) is 0 Å². The van der Waals surface area contributed by atoms with Gasteiger partial charge < -0.3 is 20.3 Å². The smallest absolute Gasteiger partial charge is 0.210 e. The summed E-state index contributed by atoms with van der Waals surface area (Å²) in [5.74, 6) is 8.05. The number of aromatic amines is 1. The van der Waals surface area contributed by atoms with Crippen molar-refractivity contribution in [3.63, 3.8) is 0 Å². The maximum Gasteiger partial charge on any atom is 0.210 e. The first kappa shape index (κ1) is 18.9. The van der Waals surface area contributed by atoms with E-state index in [0.29, 0.717) is 28.0 Å². The molecule has 0 saturated carbocycles. The van der Waals surface area contributed by atoms with E-state index < -0.39 is 0 Å². The van der Waals surface area contributed by atoms with Crippen molar-refractivity contribution in [1.82, 2.24) is 19.9 Å². The van der Waals surface area contributed by atoms with Crippen molar-refractivity contribution >= 4 is 28.4 Å². The molecule has 0 bridgehead atoms. The molecule has 0 fully saturated rings. The van der Waals surface area contributed by atoms with Gasteiger partial charge in [0.05, 0.1) is 12.9 Å². The van der Waals surface area contributed by atoms with Crippen LogP contribution in [0.3, 0.4) is 0 Å². The first-order valence-electron chi connectivity index (χ1n) is 8.84. The molecule has 0 amide bonds. The minimum absolute atomic E-state index is 0.00960. The van der Waals surface area contributed by atoms with Gasteiger partial charge in [0.2, 0.25) is 5.16 Å². The Kier molecular flexibility index (Phi) is 5.39. The van der Waals surface area contributed by atoms with E-state index in [2.05, 4.69) is 15.2 Å². The number of thioether (sulfide) groups is 1. The lowest BCUT2D eigenvalue weighted by atomic mass is 10.1. The van der Waals surface area contributed by atoms with Crippen LogP contribution in [0, 0.1) is 0 Å². The summed E-state index contributed by atoms with van der Waals surface area (Å²) in [6, 6.07) is 14.9. The lowest BCUT2D eigenvalue weighted by Crippen LogP contribution is -2.16. The molecule has 3 N–H and O–H groups in total. The number of aromatic nitrogens is 4. The zero-order valence-electron chi connectivity index (χ0n) is 15.7. The molecule has 148 valence electrons. The summed E-state index contributed by atoms with van der Waals surface area (Å²) in [7, 11) is 1.59. The quantitative estimate of drug-likeness (QED) is 0.262. The zero-order chi connectivity index (χ0) is 20.2. The number of benzene rings is 2. The molecule has 2 aromatic carbocycles. The third-order valence-corrected chi connectivity index (χ3v) is 5.31. The molecular weight excluding hydrogens is 390 g/mol. The fraction of sp³-hybridized carbons (Fsp3) is 0.150. The number of carbonyl (C=O) groups excluding carboxylic acids is 1. The Labute approximate surface area is 171 Å². The fourth-order valence-electron chi connectivity index (χ4n) is 2.85. The lowest BCUT2D eigenvalue weighted by Gasteiger charge is -2.07. The van der Waals surface area contributed by atoms with Gasteiger partial charge in [-0.2, -0.15) is 0 Å². The van der Waals surface area contributed by atoms with Crippen molar-refractivity contribution in [3.05, 3.63) is 66.1 Å². The monoisotopic (exact) mass is 409 g/mol. The minimum atomic E-state index is -0.00960. The molecule has 0 unspecified atom stereocenters. The van der Waals surface area contributed by atoms with Crippen molar-refractivity contribution in [2.75, 3.05) is 18.7 Å². The normalized spacial score (nSPS) is 10.9. The Morgan fingerprint density at radius 3 is 2.86 bits per heavy atom. The van der Waals surface area contributed by atoms with Gasteiger partial charge in [-0.05, 0) is 18.2 Å². The van der Waals surface area contributed by atoms with Gasteiger partial charge in [-0.1, -0.05) is 36.0 Å². The molecule has 0 spiro atoms. The van der Waals surface area contributed by atoms with Crippen LogP contribution >= 0.6 is 11.8 Å². The number of nitrogens with zero attached hydrogens (tertiary/aromatic N) is 3. The zero-order valence-corrected chi connectivity index (χ0v) is 16.5. The SMILES string of the molecule is COc1cccc(OCc2nnc(SCC(=O)c3c[nH]c4ccccc34)n2N)c1. The summed E-state index contributed by atoms with van der Waals surface area (Å²) >= 11 is 1.24. The molecule has 2 aromatic heterocycles. The summed E-state index contributed by atoms with van der Waals surface area (Å²) in [6.07, 6.45) is 1.73. The number of hydrogen-bond acceptors (Lipinski definition) is 7. The Bertz CT molecular complexity index is 1150. The van der Waals surface area contributed by atoms with E-state index in [1.54, 1.807) is 19.4 Å². The average molecular weight is 409 g/mol. The largest absolute Gasteiger partial charge is 0.497 e. The molecule has 4 rings (SSSR count). The molecule has 0 aliphatic heterocycles. The summed E-state index contributed by atoms with van der Waals surface area (Å²) in [5.41, 5.74) is 1.58. The van der Waals surface area contributed by atoms with Crippen LogP contribution < -0.4 is 15.3 Å². The van der Waals surface area contributed by atoms with Crippen LogP contribution in [0.2, 0.25) is 0 Å². The highest BCUT2D eigenvalue weighted by molar-refractivity contribution is 7.99. The van der Waals surface area contributed by atoms with Crippen molar-refractivity contribution in [3.8, 4) is 11.5 Å². The number of carbonyl (C=O) groups is 1. The summed E-state index contributed by atoms with van der Waals surface area (Å²) in [6.45, 7) is 0.146. The Balaban J connectivity index is 1.39. The van der Waals surface area contributed by atoms with Gasteiger partial charge in [0, 0.05) is 28.7 Å². The molecule has 0 aliphatic rings. The van der Waals surface area contributed by atoms with Crippen LogP contribution in [0.5, 0.6) is 11.5 Å². The Hall–Kier alpha value is -3.46. The van der Waals surface area contributed by atoms with E-state index >= 15 is 0 Å². The number of methoxy groups -OCH3 is 1. The predicted molar refractivity (Wildman–Crippen MR) is 111 cm³/mol. The molecule has 2 heterocycles. The second-order valence-corrected chi connectivity index (χ2v) is 7.14. The van der Waals surface area contributed by atoms with Crippen LogP contribution in [-0.4, -0.2) is 38.5 Å². The van der Waals surface area contributed by atoms with E-state index in [4.69, 9.17) is 15.3 Å². The number of rotatable bonds is 8. The van der Waals surface area contributed by atoms with Gasteiger partial charge in [-0.15, -0.1) is 10.2 Å². The summed E-state index contributed by atoms with van der Waals surface area (Å²) in [5, 5.41) is 9.47. The van der Waals surface area contributed by atoms with Gasteiger partial charge in [-0.25, -0.2) is 4.68 Å². The van der Waals surface area contributed by atoms with Crippen molar-refractivity contribution in [2.45, 2.75) is 11.8 Å². The van der Waals surface area contributed by atoms with Crippen LogP contribution in [-0.2, 0) is 6.61 Å². The van der Waals surface area contributed by atoms with Gasteiger partial charge in [0.15, 0.2) is 11.6 Å². The maximum absolute atomic E-state index is 12.6. The highest BCUT2D eigenvalue weighted by Crippen LogP contribution is 2.23. The molecular formula is C20H19N5O3S. The van der Waals surface area contributed by atoms with E-state index in [1.807, 2.05) is 42.5 Å². The van der Waals surface area contributed by atoms with E-state index in [9.17, 15) is 4.79 Å². The molecule has 0 aliphatic carbocycles. The third-order valence-electron chi connectivity index (χ3n) is 4.37. The van der Waals surface area contributed by atoms with Crippen LogP contribution in [0.4, 0.5) is 0 Å². The lowest BCUT2D eigenvalue weighted by molar-refractivity contribution is 0.102. The minimum Gasteiger partial charge on any atom is -0.497 e. The number of ether oxygens (including phenoxy) is 2. The molecule has 4 aromatic rings. The number of Topliss-reactive ketones (excluding diaryl/α,β-unsaturated/α-hetero) is 1. The number of nitrogens with two attached hydrogens (primary N) is 1. The molecule has 0 atom stereocenters. The van der Waals surface area contributed by atoms with E-state index in [1.165, 1.54) is 16.4 Å². The first-order valence-corrected chi connectivity index (χ1v) is 9.82. The highest BCUT2D eigenvalue weighted by Gasteiger charge is 2.16. The predicted octanol–water partition coefficient (Wildman–Crippen LogP) is 3.04. The Morgan fingerprint density at radius 2 is 2.00 bits per heavy atom. The first-order chi connectivity index (χ1) is 14.2. The van der Waals surface area contributed by atoms with E-state index in [-0.39, 0.29) is 18.1 Å². The molecule has 0 saturated heterocycles. The number of H-pyrrole nitrogens is 1. The summed E-state index contributed by atoms with van der Waals surface area (Å²) < 4.78 is 12.2. The van der Waals surface area contributed by atoms with Gasteiger partial charge >= 0.3 is 0 Å². The van der Waals surface area contributed by atoms with E-state index in [0.717, 1.165) is 10.9 Å². The van der Waals surface area contributed by atoms with Crippen LogP contribution in [0.1, 0.15) is 16.2 Å². The average Bonchev–Trinajstić information content (AvgIpc) is 3.34. The number of nitrogen functional groups attached to an aromatic ring is 1. The second-order valence-electron chi connectivity index (χ2n) is 6.20. The van der Waals surface area contributed by atoms with Crippen molar-refractivity contribution < 1.29 is 14.3 Å². The fourth-order valence-corrected chi connectivity index (χ4v) is 3.61. The number of nitrogens with one attached hydrogen (secondary N) is 1. The Morgan fingerprint density at radius 1 is 1.17 bits per heavy atom.